The van der Waals surface area contributed by atoms with Crippen LogP contribution >= 0.6 is 0 Å². The van der Waals surface area contributed by atoms with Gasteiger partial charge in [-0.15, -0.1) is 0 Å². The van der Waals surface area contributed by atoms with Gasteiger partial charge in [0.1, 0.15) is 5.75 Å². The summed E-state index contributed by atoms with van der Waals surface area (Å²) in [7, 11) is 0. The first-order valence-corrected chi connectivity index (χ1v) is 7.96. The molecule has 22 heavy (non-hydrogen) atoms. The zero-order chi connectivity index (χ0) is 17.5. The maximum absolute atomic E-state index is 10.8. The minimum absolute atomic E-state index is 0.0296. The Morgan fingerprint density at radius 1 is 0.955 bits per heavy atom. The molecule has 0 amide bonds. The number of aliphatic hydroxyl groups is 1. The molecule has 0 aliphatic heterocycles. The molecule has 1 aromatic carbocycles. The molecule has 1 rings (SSSR count). The second-order valence-corrected chi connectivity index (χ2v) is 9.09. The molecular weight excluding hydrogens is 274 g/mol. The largest absolute Gasteiger partial charge is 0.507 e. The predicted molar refractivity (Wildman–Crippen MR) is 93.3 cm³/mol. The molecule has 0 saturated heterocycles. The van der Waals surface area contributed by atoms with Crippen molar-refractivity contribution in [1.29, 1.82) is 0 Å². The Hall–Kier alpha value is -1.06. The Morgan fingerprint density at radius 2 is 1.45 bits per heavy atom. The second-order valence-electron chi connectivity index (χ2n) is 9.09. The Bertz CT molecular complexity index is 534. The fourth-order valence-electron chi connectivity index (χ4n) is 2.42. The standard InChI is InChI=1S/C19H33NO2/c1-17(2,3)12-9-13(16(20)19(7,8)11-21)15(22)14(10-12)18(4,5)6/h9-10,16,21-22H,11,20H2,1-8H3/t16-/m1/s1. The number of rotatable bonds is 3. The van der Waals surface area contributed by atoms with Crippen molar-refractivity contribution in [3.05, 3.63) is 28.8 Å². The van der Waals surface area contributed by atoms with E-state index in [1.165, 1.54) is 0 Å². The maximum atomic E-state index is 10.8. The summed E-state index contributed by atoms with van der Waals surface area (Å²) in [6, 6.07) is 3.64. The van der Waals surface area contributed by atoms with Crippen LogP contribution in [0.1, 0.15) is 78.1 Å². The van der Waals surface area contributed by atoms with Crippen LogP contribution in [-0.2, 0) is 10.8 Å². The van der Waals surface area contributed by atoms with E-state index in [2.05, 4.69) is 47.6 Å². The summed E-state index contributed by atoms with van der Waals surface area (Å²) >= 11 is 0. The Morgan fingerprint density at radius 3 is 1.82 bits per heavy atom. The van der Waals surface area contributed by atoms with Gasteiger partial charge in [-0.3, -0.25) is 0 Å². The first kappa shape index (κ1) is 19.0. The molecule has 0 aliphatic rings. The summed E-state index contributed by atoms with van der Waals surface area (Å²) in [4.78, 5) is 0. The van der Waals surface area contributed by atoms with E-state index in [-0.39, 0.29) is 23.2 Å². The smallest absolute Gasteiger partial charge is 0.124 e. The van der Waals surface area contributed by atoms with E-state index in [0.717, 1.165) is 16.7 Å². The van der Waals surface area contributed by atoms with Gasteiger partial charge < -0.3 is 15.9 Å². The molecule has 3 heteroatoms. The number of nitrogens with two attached hydrogens (primary N) is 1. The monoisotopic (exact) mass is 307 g/mol. The van der Waals surface area contributed by atoms with Gasteiger partial charge in [0.15, 0.2) is 0 Å². The minimum atomic E-state index is -0.497. The van der Waals surface area contributed by atoms with Gasteiger partial charge in [0.05, 0.1) is 0 Å². The first-order chi connectivity index (χ1) is 9.71. The summed E-state index contributed by atoms with van der Waals surface area (Å²) in [5, 5.41) is 20.4. The summed E-state index contributed by atoms with van der Waals surface area (Å²) in [6.07, 6.45) is 0. The fourth-order valence-corrected chi connectivity index (χ4v) is 2.42. The van der Waals surface area contributed by atoms with Gasteiger partial charge in [-0.1, -0.05) is 61.5 Å². The molecule has 0 saturated carbocycles. The van der Waals surface area contributed by atoms with Crippen molar-refractivity contribution in [3.63, 3.8) is 0 Å². The highest BCUT2D eigenvalue weighted by Crippen LogP contribution is 2.43. The third kappa shape index (κ3) is 3.82. The molecule has 0 heterocycles. The van der Waals surface area contributed by atoms with E-state index in [4.69, 9.17) is 5.73 Å². The fraction of sp³-hybridized carbons (Fsp3) is 0.684. The van der Waals surface area contributed by atoms with Crippen molar-refractivity contribution >= 4 is 0 Å². The molecule has 3 nitrogen and oxygen atoms in total. The molecule has 0 aliphatic carbocycles. The van der Waals surface area contributed by atoms with E-state index < -0.39 is 11.5 Å². The van der Waals surface area contributed by atoms with Crippen LogP contribution in [0.15, 0.2) is 12.1 Å². The lowest BCUT2D eigenvalue weighted by atomic mass is 9.74. The highest BCUT2D eigenvalue weighted by atomic mass is 16.3. The SMILES string of the molecule is CC(C)(C)c1cc([C@@H](N)C(C)(C)CO)c(O)c(C(C)(C)C)c1. The van der Waals surface area contributed by atoms with Gasteiger partial charge >= 0.3 is 0 Å². The van der Waals surface area contributed by atoms with Gasteiger partial charge in [0, 0.05) is 23.6 Å². The number of hydrogen-bond acceptors (Lipinski definition) is 3. The van der Waals surface area contributed by atoms with Crippen LogP contribution in [0.5, 0.6) is 5.75 Å². The molecule has 0 unspecified atom stereocenters. The number of benzene rings is 1. The molecule has 1 aromatic rings. The normalized spacial score (nSPS) is 15.0. The topological polar surface area (TPSA) is 66.5 Å². The van der Waals surface area contributed by atoms with Crippen LogP contribution in [0.2, 0.25) is 0 Å². The van der Waals surface area contributed by atoms with E-state index in [0.29, 0.717) is 0 Å². The van der Waals surface area contributed by atoms with Crippen molar-refractivity contribution in [2.24, 2.45) is 11.1 Å². The van der Waals surface area contributed by atoms with Crippen LogP contribution in [0.25, 0.3) is 0 Å². The summed E-state index contributed by atoms with van der Waals surface area (Å²) in [6.45, 7) is 16.5. The van der Waals surface area contributed by atoms with Crippen LogP contribution in [0.3, 0.4) is 0 Å². The Labute approximate surface area is 135 Å². The molecule has 0 aromatic heterocycles. The van der Waals surface area contributed by atoms with Crippen molar-refractivity contribution in [2.45, 2.75) is 72.3 Å². The van der Waals surface area contributed by atoms with Crippen molar-refractivity contribution in [2.75, 3.05) is 6.61 Å². The van der Waals surface area contributed by atoms with Crippen LogP contribution in [0, 0.1) is 5.41 Å². The summed E-state index contributed by atoms with van der Waals surface area (Å²) in [5.41, 5.74) is 8.45. The quantitative estimate of drug-likeness (QED) is 0.790. The van der Waals surface area contributed by atoms with E-state index in [1.54, 1.807) is 0 Å². The average molecular weight is 307 g/mol. The zero-order valence-corrected chi connectivity index (χ0v) is 15.4. The highest BCUT2D eigenvalue weighted by Gasteiger charge is 2.33. The van der Waals surface area contributed by atoms with E-state index in [1.807, 2.05) is 19.9 Å². The van der Waals surface area contributed by atoms with Crippen molar-refractivity contribution in [3.8, 4) is 5.75 Å². The second kappa shape index (κ2) is 5.86. The predicted octanol–water partition coefficient (Wildman–Crippen LogP) is 4.01. The molecule has 0 radical (unpaired) electrons. The number of phenols is 1. The highest BCUT2D eigenvalue weighted by molar-refractivity contribution is 5.50. The van der Waals surface area contributed by atoms with Crippen LogP contribution in [-0.4, -0.2) is 16.8 Å². The lowest BCUT2D eigenvalue weighted by Gasteiger charge is -2.34. The van der Waals surface area contributed by atoms with Crippen LogP contribution in [0.4, 0.5) is 0 Å². The molecule has 4 N–H and O–H groups in total. The minimum Gasteiger partial charge on any atom is -0.507 e. The zero-order valence-electron chi connectivity index (χ0n) is 15.4. The van der Waals surface area contributed by atoms with Gasteiger partial charge in [-0.2, -0.15) is 0 Å². The summed E-state index contributed by atoms with van der Waals surface area (Å²) in [5.74, 6) is 0.259. The third-order valence-corrected chi connectivity index (χ3v) is 4.40. The molecular formula is C19H33NO2. The van der Waals surface area contributed by atoms with Crippen molar-refractivity contribution in [1.82, 2.24) is 0 Å². The van der Waals surface area contributed by atoms with Crippen molar-refractivity contribution < 1.29 is 10.2 Å². The van der Waals surface area contributed by atoms with Gasteiger partial charge in [0.25, 0.3) is 0 Å². The number of aliphatic hydroxyl groups excluding tert-OH is 1. The molecule has 0 bridgehead atoms. The molecule has 0 spiro atoms. The number of hydrogen-bond donors (Lipinski definition) is 3. The van der Waals surface area contributed by atoms with Gasteiger partial charge in [-0.25, -0.2) is 0 Å². The Kier molecular flexibility index (Phi) is 5.06. The molecule has 0 fully saturated rings. The number of aromatic hydroxyl groups is 1. The summed E-state index contributed by atoms with van der Waals surface area (Å²) < 4.78 is 0. The van der Waals surface area contributed by atoms with Crippen LogP contribution < -0.4 is 5.73 Å². The van der Waals surface area contributed by atoms with E-state index in [9.17, 15) is 10.2 Å². The lowest BCUT2D eigenvalue weighted by Crippen LogP contribution is -2.33. The molecule has 1 atom stereocenters. The van der Waals surface area contributed by atoms with E-state index >= 15 is 0 Å². The van der Waals surface area contributed by atoms with Gasteiger partial charge in [-0.05, 0) is 28.0 Å². The van der Waals surface area contributed by atoms with Gasteiger partial charge in [0.2, 0.25) is 0 Å². The number of phenolic OH excluding ortho intramolecular Hbond substituents is 1. The third-order valence-electron chi connectivity index (χ3n) is 4.40. The Balaban J connectivity index is 3.64. The lowest BCUT2D eigenvalue weighted by molar-refractivity contribution is 0.131. The average Bonchev–Trinajstić information content (AvgIpc) is 2.35. The first-order valence-electron chi connectivity index (χ1n) is 7.96. The molecule has 126 valence electrons. The maximum Gasteiger partial charge on any atom is 0.124 e.